The topological polar surface area (TPSA) is 15.3 Å². The van der Waals surface area contributed by atoms with Gasteiger partial charge in [0.05, 0.1) is 0 Å². The first-order valence-electron chi connectivity index (χ1n) is 7.21. The molecule has 0 aliphatic rings. The van der Waals surface area contributed by atoms with Crippen LogP contribution in [0.5, 0.6) is 0 Å². The summed E-state index contributed by atoms with van der Waals surface area (Å²) in [5.41, 5.74) is 0.769. The zero-order chi connectivity index (χ0) is 14.3. The predicted molar refractivity (Wildman–Crippen MR) is 79.7 cm³/mol. The zero-order valence-corrected chi connectivity index (χ0v) is 12.6. The minimum Gasteiger partial charge on any atom is -0.314 e. The number of benzene rings is 1. The summed E-state index contributed by atoms with van der Waals surface area (Å²) >= 11 is 0. The van der Waals surface area contributed by atoms with Crippen molar-refractivity contribution in [2.45, 2.75) is 52.2 Å². The largest absolute Gasteiger partial charge is 0.314 e. The molecule has 2 unspecified atom stereocenters. The summed E-state index contributed by atoms with van der Waals surface area (Å²) in [6, 6.07) is 7.94. The third-order valence-corrected chi connectivity index (χ3v) is 3.57. The number of hydrogen-bond donors (Lipinski definition) is 1. The van der Waals surface area contributed by atoms with Crippen LogP contribution in [0.1, 0.15) is 39.2 Å². The first kappa shape index (κ1) is 16.1. The lowest BCUT2D eigenvalue weighted by molar-refractivity contribution is 0.220. The normalized spacial score (nSPS) is 14.6. The average Bonchev–Trinajstić information content (AvgIpc) is 2.38. The molecule has 1 rings (SSSR count). The van der Waals surface area contributed by atoms with Gasteiger partial charge in [-0.25, -0.2) is 4.39 Å². The molecule has 0 aliphatic heterocycles. The molecule has 0 spiro atoms. The van der Waals surface area contributed by atoms with Gasteiger partial charge in [-0.2, -0.15) is 0 Å². The molecule has 0 fully saturated rings. The lowest BCUT2D eigenvalue weighted by Crippen LogP contribution is -2.36. The van der Waals surface area contributed by atoms with Gasteiger partial charge in [-0.3, -0.25) is 4.90 Å². The molecule has 1 aromatic carbocycles. The molecule has 0 aromatic heterocycles. The molecule has 0 amide bonds. The van der Waals surface area contributed by atoms with E-state index in [1.165, 1.54) is 6.07 Å². The Kier molecular flexibility index (Phi) is 7.03. The fraction of sp³-hybridized carbons (Fsp3) is 0.625. The number of nitrogens with one attached hydrogen (secondary N) is 1. The maximum atomic E-state index is 13.6. The Balaban J connectivity index is 2.44. The van der Waals surface area contributed by atoms with Gasteiger partial charge in [0, 0.05) is 24.2 Å². The second-order valence-electron chi connectivity index (χ2n) is 5.45. The van der Waals surface area contributed by atoms with Crippen molar-refractivity contribution >= 4 is 0 Å². The molecule has 0 saturated carbocycles. The molecule has 108 valence electrons. The molecule has 0 radical (unpaired) electrons. The monoisotopic (exact) mass is 266 g/mol. The minimum absolute atomic E-state index is 0.112. The second kappa shape index (κ2) is 8.28. The molecular formula is C16H27FN2. The van der Waals surface area contributed by atoms with Crippen LogP contribution < -0.4 is 5.32 Å². The molecule has 19 heavy (non-hydrogen) atoms. The van der Waals surface area contributed by atoms with Crippen LogP contribution in [0.2, 0.25) is 0 Å². The van der Waals surface area contributed by atoms with E-state index >= 15 is 0 Å². The van der Waals surface area contributed by atoms with Gasteiger partial charge in [-0.15, -0.1) is 0 Å². The van der Waals surface area contributed by atoms with Crippen LogP contribution in [0.25, 0.3) is 0 Å². The van der Waals surface area contributed by atoms with Crippen LogP contribution in [-0.2, 0) is 6.54 Å². The fourth-order valence-corrected chi connectivity index (χ4v) is 2.22. The van der Waals surface area contributed by atoms with Gasteiger partial charge in [0.2, 0.25) is 0 Å². The highest BCUT2D eigenvalue weighted by atomic mass is 19.1. The summed E-state index contributed by atoms with van der Waals surface area (Å²) in [6.45, 7) is 8.31. The van der Waals surface area contributed by atoms with E-state index in [-0.39, 0.29) is 5.82 Å². The van der Waals surface area contributed by atoms with Gasteiger partial charge >= 0.3 is 0 Å². The van der Waals surface area contributed by atoms with Crippen LogP contribution >= 0.6 is 0 Å². The molecule has 0 heterocycles. The third kappa shape index (κ3) is 5.70. The van der Waals surface area contributed by atoms with Crippen molar-refractivity contribution in [2.24, 2.45) is 0 Å². The molecule has 1 aromatic rings. The summed E-state index contributed by atoms with van der Waals surface area (Å²) in [4.78, 5) is 2.21. The lowest BCUT2D eigenvalue weighted by atomic mass is 10.1. The van der Waals surface area contributed by atoms with E-state index in [1.54, 1.807) is 6.07 Å². The van der Waals surface area contributed by atoms with Crippen LogP contribution in [0.3, 0.4) is 0 Å². The smallest absolute Gasteiger partial charge is 0.127 e. The summed E-state index contributed by atoms with van der Waals surface area (Å²) in [6.07, 6.45) is 2.23. The quantitative estimate of drug-likeness (QED) is 0.775. The number of hydrogen-bond acceptors (Lipinski definition) is 2. The molecule has 3 heteroatoms. The number of halogens is 1. The summed E-state index contributed by atoms with van der Waals surface area (Å²) in [7, 11) is 2.06. The first-order chi connectivity index (χ1) is 9.04. The van der Waals surface area contributed by atoms with E-state index in [4.69, 9.17) is 0 Å². The third-order valence-electron chi connectivity index (χ3n) is 3.57. The fourth-order valence-electron chi connectivity index (χ4n) is 2.22. The van der Waals surface area contributed by atoms with E-state index in [0.717, 1.165) is 24.9 Å². The molecule has 0 saturated heterocycles. The Labute approximate surface area is 117 Å². The maximum Gasteiger partial charge on any atom is 0.127 e. The first-order valence-corrected chi connectivity index (χ1v) is 7.21. The Morgan fingerprint density at radius 3 is 2.58 bits per heavy atom. The molecular weight excluding hydrogens is 239 g/mol. The van der Waals surface area contributed by atoms with Gasteiger partial charge in [0.15, 0.2) is 0 Å². The van der Waals surface area contributed by atoms with Gasteiger partial charge < -0.3 is 5.32 Å². The SMILES string of the molecule is CCCNC(C)CC(C)N(C)Cc1ccccc1F. The van der Waals surface area contributed by atoms with Gasteiger partial charge in [0.25, 0.3) is 0 Å². The van der Waals surface area contributed by atoms with Crippen molar-refractivity contribution in [3.63, 3.8) is 0 Å². The predicted octanol–water partition coefficient (Wildman–Crippen LogP) is 3.42. The van der Waals surface area contributed by atoms with E-state index in [0.29, 0.717) is 18.6 Å². The Morgan fingerprint density at radius 2 is 1.95 bits per heavy atom. The summed E-state index contributed by atoms with van der Waals surface area (Å²) in [5, 5.41) is 3.49. The van der Waals surface area contributed by atoms with Crippen LogP contribution in [0.15, 0.2) is 24.3 Å². The lowest BCUT2D eigenvalue weighted by Gasteiger charge is -2.27. The molecule has 1 N–H and O–H groups in total. The van der Waals surface area contributed by atoms with E-state index in [1.807, 2.05) is 12.1 Å². The summed E-state index contributed by atoms with van der Waals surface area (Å²) < 4.78 is 13.6. The van der Waals surface area contributed by atoms with Crippen LogP contribution in [-0.4, -0.2) is 30.6 Å². The van der Waals surface area contributed by atoms with E-state index < -0.39 is 0 Å². The van der Waals surface area contributed by atoms with Crippen molar-refractivity contribution in [2.75, 3.05) is 13.6 Å². The van der Waals surface area contributed by atoms with Gasteiger partial charge in [0.1, 0.15) is 5.82 Å². The van der Waals surface area contributed by atoms with Crippen molar-refractivity contribution in [1.29, 1.82) is 0 Å². The molecule has 2 nitrogen and oxygen atoms in total. The van der Waals surface area contributed by atoms with Crippen LogP contribution in [0, 0.1) is 5.82 Å². The van der Waals surface area contributed by atoms with E-state index in [2.05, 4.69) is 38.0 Å². The number of rotatable bonds is 8. The maximum absolute atomic E-state index is 13.6. The highest BCUT2D eigenvalue weighted by molar-refractivity contribution is 5.17. The average molecular weight is 266 g/mol. The Hall–Kier alpha value is -0.930. The van der Waals surface area contributed by atoms with E-state index in [9.17, 15) is 4.39 Å². The van der Waals surface area contributed by atoms with Gasteiger partial charge in [-0.1, -0.05) is 25.1 Å². The van der Waals surface area contributed by atoms with Gasteiger partial charge in [-0.05, 0) is 46.3 Å². The molecule has 0 aliphatic carbocycles. The highest BCUT2D eigenvalue weighted by Gasteiger charge is 2.14. The Morgan fingerprint density at radius 1 is 1.26 bits per heavy atom. The van der Waals surface area contributed by atoms with Crippen molar-refractivity contribution in [1.82, 2.24) is 10.2 Å². The molecule has 0 bridgehead atoms. The standard InChI is InChI=1S/C16H27FN2/c1-5-10-18-13(2)11-14(3)19(4)12-15-8-6-7-9-16(15)17/h6-9,13-14,18H,5,10-12H2,1-4H3. The summed E-state index contributed by atoms with van der Waals surface area (Å²) in [5.74, 6) is -0.112. The second-order valence-corrected chi connectivity index (χ2v) is 5.45. The van der Waals surface area contributed by atoms with Crippen LogP contribution in [0.4, 0.5) is 4.39 Å². The zero-order valence-electron chi connectivity index (χ0n) is 12.6. The molecule has 2 atom stereocenters. The number of nitrogens with zero attached hydrogens (tertiary/aromatic N) is 1. The van der Waals surface area contributed by atoms with Crippen molar-refractivity contribution in [3.8, 4) is 0 Å². The Bertz CT molecular complexity index is 368. The van der Waals surface area contributed by atoms with Crippen molar-refractivity contribution < 1.29 is 4.39 Å². The van der Waals surface area contributed by atoms with Crippen molar-refractivity contribution in [3.05, 3.63) is 35.6 Å². The highest BCUT2D eigenvalue weighted by Crippen LogP contribution is 2.13. The minimum atomic E-state index is -0.112.